The topological polar surface area (TPSA) is 67.6 Å². The summed E-state index contributed by atoms with van der Waals surface area (Å²) in [6.45, 7) is 0. The second-order valence-electron chi connectivity index (χ2n) is 2.14. The quantitative estimate of drug-likeness (QED) is 0.714. The highest BCUT2D eigenvalue weighted by Gasteiger charge is 1.90. The molecule has 0 unspecified atom stereocenters. The molecule has 0 saturated carbocycles. The van der Waals surface area contributed by atoms with Crippen LogP contribution in [0.2, 0.25) is 0 Å². The van der Waals surface area contributed by atoms with E-state index >= 15 is 0 Å². The summed E-state index contributed by atoms with van der Waals surface area (Å²) in [5.41, 5.74) is 0.673. The fourth-order valence-electron chi connectivity index (χ4n) is 0.778. The molecule has 0 spiro atoms. The fourth-order valence-corrected chi connectivity index (χ4v) is 0.778. The number of nitrogens with one attached hydrogen (secondary N) is 1. The number of hydrogen-bond donors (Lipinski definition) is 1. The molecule has 2 rings (SSSR count). The van der Waals surface area contributed by atoms with Gasteiger partial charge in [0.05, 0.1) is 6.20 Å². The molecule has 0 aliphatic carbocycles. The largest absolute Gasteiger partial charge is 0.345 e. The lowest BCUT2D eigenvalue weighted by molar-refractivity contribution is 0.306. The van der Waals surface area contributed by atoms with Gasteiger partial charge >= 0.3 is 0 Å². The molecule has 0 bridgehead atoms. The van der Waals surface area contributed by atoms with Gasteiger partial charge in [0, 0.05) is 12.4 Å². The number of imidazole rings is 1. The maximum Gasteiger partial charge on any atom is 0.130 e. The third kappa shape index (κ3) is 1.39. The molecule has 2 aromatic heterocycles. The summed E-state index contributed by atoms with van der Waals surface area (Å²) in [5.74, 6) is 0.776. The highest BCUT2D eigenvalue weighted by Crippen LogP contribution is 1.99. The van der Waals surface area contributed by atoms with Crippen molar-refractivity contribution >= 4 is 12.2 Å². The lowest BCUT2D eigenvalue weighted by Gasteiger charge is -1.79. The minimum absolute atomic E-state index is 0.673. The van der Waals surface area contributed by atoms with Gasteiger partial charge in [0.2, 0.25) is 0 Å². The number of nitrogens with zero attached hydrogens (tertiary/aromatic N) is 3. The lowest BCUT2D eigenvalue weighted by Crippen LogP contribution is -1.73. The van der Waals surface area contributed by atoms with Crippen LogP contribution in [0, 0.1) is 0 Å². The van der Waals surface area contributed by atoms with Gasteiger partial charge in [-0.05, 0) is 12.2 Å². The molecule has 1 N–H and O–H groups in total. The van der Waals surface area contributed by atoms with Crippen molar-refractivity contribution in [3.05, 3.63) is 30.1 Å². The van der Waals surface area contributed by atoms with E-state index in [1.807, 2.05) is 0 Å². The maximum absolute atomic E-state index is 4.40. The molecule has 0 saturated heterocycles. The van der Waals surface area contributed by atoms with Crippen molar-refractivity contribution in [3.63, 3.8) is 0 Å². The van der Waals surface area contributed by atoms with E-state index < -0.39 is 0 Å². The zero-order valence-electron chi connectivity index (χ0n) is 6.14. The molecule has 0 aliphatic heterocycles. The normalized spacial score (nSPS) is 11.0. The molecule has 2 aromatic rings. The molecule has 0 aromatic carbocycles. The van der Waals surface area contributed by atoms with Gasteiger partial charge in [0.1, 0.15) is 11.5 Å². The Balaban J connectivity index is 2.14. The predicted molar refractivity (Wildman–Crippen MR) is 41.8 cm³/mol. The van der Waals surface area contributed by atoms with Crippen LogP contribution >= 0.6 is 0 Å². The number of rotatable bonds is 2. The zero-order valence-corrected chi connectivity index (χ0v) is 6.14. The van der Waals surface area contributed by atoms with Crippen LogP contribution in [0.5, 0.6) is 0 Å². The van der Waals surface area contributed by atoms with E-state index in [0.717, 1.165) is 5.82 Å². The molecule has 0 amide bonds. The van der Waals surface area contributed by atoms with E-state index in [2.05, 4.69) is 24.9 Å². The smallest absolute Gasteiger partial charge is 0.130 e. The Labute approximate surface area is 68.1 Å². The molecule has 0 fully saturated rings. The van der Waals surface area contributed by atoms with E-state index in [0.29, 0.717) is 5.69 Å². The number of hydrogen-bond acceptors (Lipinski definition) is 4. The minimum Gasteiger partial charge on any atom is -0.345 e. The summed E-state index contributed by atoms with van der Waals surface area (Å²) >= 11 is 0. The first kappa shape index (κ1) is 6.78. The summed E-state index contributed by atoms with van der Waals surface area (Å²) in [4.78, 5) is 6.92. The van der Waals surface area contributed by atoms with Gasteiger partial charge in [-0.3, -0.25) is 0 Å². The Morgan fingerprint density at radius 1 is 1.42 bits per heavy atom. The molecular formula is C7H6N4O. The van der Waals surface area contributed by atoms with E-state index in [1.54, 1.807) is 24.5 Å². The third-order valence-electron chi connectivity index (χ3n) is 1.31. The van der Waals surface area contributed by atoms with Crippen molar-refractivity contribution < 1.29 is 4.63 Å². The van der Waals surface area contributed by atoms with Crippen LogP contribution in [0.25, 0.3) is 12.2 Å². The van der Waals surface area contributed by atoms with Gasteiger partial charge in [-0.1, -0.05) is 10.3 Å². The summed E-state index contributed by atoms with van der Waals surface area (Å²) in [6.07, 6.45) is 8.51. The van der Waals surface area contributed by atoms with Crippen molar-refractivity contribution in [3.8, 4) is 0 Å². The predicted octanol–water partition coefficient (Wildman–Crippen LogP) is 0.963. The fraction of sp³-hybridized carbons (Fsp3) is 0. The Hall–Kier alpha value is -1.91. The Morgan fingerprint density at radius 2 is 2.42 bits per heavy atom. The zero-order chi connectivity index (χ0) is 8.23. The highest BCUT2D eigenvalue weighted by molar-refractivity contribution is 5.63. The van der Waals surface area contributed by atoms with Crippen LogP contribution in [-0.4, -0.2) is 20.3 Å². The number of H-pyrrole nitrogens is 1. The molecule has 0 atom stereocenters. The van der Waals surface area contributed by atoms with E-state index in [4.69, 9.17) is 0 Å². The molecule has 5 nitrogen and oxygen atoms in total. The van der Waals surface area contributed by atoms with Crippen LogP contribution in [0.15, 0.2) is 23.2 Å². The molecule has 0 radical (unpaired) electrons. The summed E-state index contributed by atoms with van der Waals surface area (Å²) in [6, 6.07) is 0. The van der Waals surface area contributed by atoms with Crippen LogP contribution in [-0.2, 0) is 0 Å². The lowest BCUT2D eigenvalue weighted by atomic mass is 10.4. The monoisotopic (exact) mass is 162 g/mol. The molecular weight excluding hydrogens is 156 g/mol. The molecule has 12 heavy (non-hydrogen) atoms. The summed E-state index contributed by atoms with van der Waals surface area (Å²) in [5, 5.41) is 7.06. The van der Waals surface area contributed by atoms with Gasteiger partial charge in [0.25, 0.3) is 0 Å². The average molecular weight is 162 g/mol. The molecule has 5 heteroatoms. The standard InChI is InChI=1S/C7H6N4O/c1(6-5-10-12-11-6)2-7-8-3-4-9-7/h1-5H,(H,8,9). The maximum atomic E-state index is 4.40. The Kier molecular flexibility index (Phi) is 1.69. The van der Waals surface area contributed by atoms with Gasteiger partial charge in [-0.25, -0.2) is 9.61 Å². The average Bonchev–Trinajstić information content (AvgIpc) is 2.74. The first-order valence-electron chi connectivity index (χ1n) is 3.40. The minimum atomic E-state index is 0.673. The van der Waals surface area contributed by atoms with Crippen molar-refractivity contribution in [1.82, 2.24) is 20.3 Å². The van der Waals surface area contributed by atoms with Crippen LogP contribution < -0.4 is 0 Å². The Morgan fingerprint density at radius 3 is 3.08 bits per heavy atom. The van der Waals surface area contributed by atoms with Crippen LogP contribution in [0.4, 0.5) is 0 Å². The molecule has 60 valence electrons. The van der Waals surface area contributed by atoms with Crippen molar-refractivity contribution in [2.45, 2.75) is 0 Å². The third-order valence-corrected chi connectivity index (χ3v) is 1.31. The first-order chi connectivity index (χ1) is 5.95. The second kappa shape index (κ2) is 3.00. The van der Waals surface area contributed by atoms with Gasteiger partial charge in [-0.15, -0.1) is 0 Å². The summed E-state index contributed by atoms with van der Waals surface area (Å²) < 4.78 is 4.40. The van der Waals surface area contributed by atoms with Gasteiger partial charge in [-0.2, -0.15) is 0 Å². The molecule has 0 aliphatic rings. The first-order valence-corrected chi connectivity index (χ1v) is 3.40. The highest BCUT2D eigenvalue weighted by atomic mass is 16.6. The van der Waals surface area contributed by atoms with E-state index in [1.165, 1.54) is 6.20 Å². The second-order valence-corrected chi connectivity index (χ2v) is 2.14. The van der Waals surface area contributed by atoms with Crippen molar-refractivity contribution in [1.29, 1.82) is 0 Å². The Bertz CT molecular complexity index is 312. The van der Waals surface area contributed by atoms with E-state index in [9.17, 15) is 0 Å². The molecule has 2 heterocycles. The van der Waals surface area contributed by atoms with Crippen LogP contribution in [0.1, 0.15) is 11.5 Å². The SMILES string of the molecule is C(=Cc1ncc[nH]1)c1cnon1. The van der Waals surface area contributed by atoms with Gasteiger partial charge < -0.3 is 4.98 Å². The van der Waals surface area contributed by atoms with Crippen LogP contribution in [0.3, 0.4) is 0 Å². The van der Waals surface area contributed by atoms with E-state index in [-0.39, 0.29) is 0 Å². The van der Waals surface area contributed by atoms with Crippen molar-refractivity contribution in [2.75, 3.05) is 0 Å². The van der Waals surface area contributed by atoms with Crippen molar-refractivity contribution in [2.24, 2.45) is 0 Å². The van der Waals surface area contributed by atoms with Gasteiger partial charge in [0.15, 0.2) is 0 Å². The number of aromatic amines is 1. The number of aromatic nitrogens is 4. The summed E-state index contributed by atoms with van der Waals surface area (Å²) in [7, 11) is 0.